The molecule has 6 rings (SSSR count). The Hall–Kier alpha value is -4.51. The lowest BCUT2D eigenvalue weighted by Gasteiger charge is -2.08. The lowest BCUT2D eigenvalue weighted by Crippen LogP contribution is -2.10. The van der Waals surface area contributed by atoms with Gasteiger partial charge in [-0.25, -0.2) is 14.4 Å². The van der Waals surface area contributed by atoms with Gasteiger partial charge in [-0.05, 0) is 37.6 Å². The van der Waals surface area contributed by atoms with Crippen LogP contribution >= 0.6 is 11.3 Å². The molecule has 37 heavy (non-hydrogen) atoms. The molecule has 0 aliphatic carbocycles. The smallest absolute Gasteiger partial charge is 0.224 e. The Balaban J connectivity index is 1.44. The van der Waals surface area contributed by atoms with Gasteiger partial charge >= 0.3 is 0 Å². The normalized spacial score (nSPS) is 11.4. The van der Waals surface area contributed by atoms with E-state index in [0.717, 1.165) is 22.5 Å². The van der Waals surface area contributed by atoms with Crippen molar-refractivity contribution in [3.05, 3.63) is 59.7 Å². The number of anilines is 1. The molecule has 6 aromatic rings. The number of rotatable bonds is 6. The fourth-order valence-corrected chi connectivity index (χ4v) is 5.09. The van der Waals surface area contributed by atoms with Crippen LogP contribution in [0.2, 0.25) is 0 Å². The lowest BCUT2D eigenvalue weighted by molar-refractivity contribution is -0.116. The summed E-state index contributed by atoms with van der Waals surface area (Å²) in [6.45, 7) is 3.97. The molecule has 0 unspecified atom stereocenters. The van der Waals surface area contributed by atoms with Crippen molar-refractivity contribution < 1.29 is 9.18 Å². The van der Waals surface area contributed by atoms with Gasteiger partial charge in [-0.2, -0.15) is 5.10 Å². The fraction of sp³-hybridized carbons (Fsp3) is 0.154. The maximum atomic E-state index is 16.0. The van der Waals surface area contributed by atoms with Crippen molar-refractivity contribution >= 4 is 45.0 Å². The highest BCUT2D eigenvalue weighted by molar-refractivity contribution is 7.15. The zero-order chi connectivity index (χ0) is 25.5. The first-order chi connectivity index (χ1) is 18.0. The standard InChI is InChI=1S/C26H21FN8OS/c1-3-4-19(36)31-15-9-14(10-28-11-15)16-12-30-25-20(21(16)27)24(34-35-25)26-32-17-7-8-29-23(22(17)33-26)18-6-5-13(2)37-18/h5-12H,3-4H2,1-2H3,(H,31,36)(H,32,33)(H,30,34,35). The Morgan fingerprint density at radius 1 is 1.14 bits per heavy atom. The van der Waals surface area contributed by atoms with Crippen LogP contribution in [0.5, 0.6) is 0 Å². The summed E-state index contributed by atoms with van der Waals surface area (Å²) in [6, 6.07) is 7.56. The van der Waals surface area contributed by atoms with Crippen molar-refractivity contribution in [2.45, 2.75) is 26.7 Å². The first-order valence-corrected chi connectivity index (χ1v) is 12.5. The van der Waals surface area contributed by atoms with Gasteiger partial charge in [-0.3, -0.25) is 19.9 Å². The monoisotopic (exact) mass is 512 g/mol. The van der Waals surface area contributed by atoms with Crippen molar-refractivity contribution in [3.8, 4) is 33.2 Å². The summed E-state index contributed by atoms with van der Waals surface area (Å²) in [5, 5.41) is 10.1. The maximum absolute atomic E-state index is 16.0. The molecule has 0 atom stereocenters. The number of halogens is 1. The second kappa shape index (κ2) is 9.17. The molecule has 1 amide bonds. The van der Waals surface area contributed by atoms with E-state index in [9.17, 15) is 4.79 Å². The van der Waals surface area contributed by atoms with Crippen LogP contribution in [0.4, 0.5) is 10.1 Å². The minimum atomic E-state index is -0.514. The van der Waals surface area contributed by atoms with Gasteiger partial charge in [0.15, 0.2) is 11.5 Å². The zero-order valence-corrected chi connectivity index (χ0v) is 20.8. The molecular weight excluding hydrogens is 491 g/mol. The number of carbonyl (C=O) groups is 1. The molecule has 0 aliphatic heterocycles. The van der Waals surface area contributed by atoms with Gasteiger partial charge in [0.05, 0.1) is 27.7 Å². The lowest BCUT2D eigenvalue weighted by atomic mass is 10.1. The molecule has 9 nitrogen and oxygen atoms in total. The quantitative estimate of drug-likeness (QED) is 0.256. The van der Waals surface area contributed by atoms with Crippen molar-refractivity contribution in [1.29, 1.82) is 0 Å². The number of aromatic amines is 2. The van der Waals surface area contributed by atoms with E-state index in [-0.39, 0.29) is 16.9 Å². The average molecular weight is 513 g/mol. The molecule has 0 radical (unpaired) electrons. The first-order valence-electron chi connectivity index (χ1n) is 11.7. The Kier molecular flexibility index (Phi) is 5.68. The SMILES string of the molecule is CCCC(=O)Nc1cncc(-c2cnc3[nH]nc(-c4nc5c(-c6ccc(C)s6)nccc5[nH]4)c3c2F)c1. The number of pyridine rings is 3. The molecule has 0 bridgehead atoms. The van der Waals surface area contributed by atoms with Crippen molar-refractivity contribution in [3.63, 3.8) is 0 Å². The Morgan fingerprint density at radius 2 is 2.03 bits per heavy atom. The molecule has 0 fully saturated rings. The highest BCUT2D eigenvalue weighted by Crippen LogP contribution is 2.35. The van der Waals surface area contributed by atoms with Crippen LogP contribution < -0.4 is 5.32 Å². The highest BCUT2D eigenvalue weighted by atomic mass is 32.1. The molecule has 6 aromatic heterocycles. The number of hydrogen-bond donors (Lipinski definition) is 3. The number of amides is 1. The molecule has 3 N–H and O–H groups in total. The predicted octanol–water partition coefficient (Wildman–Crippen LogP) is 5.87. The van der Waals surface area contributed by atoms with E-state index in [4.69, 9.17) is 4.98 Å². The molecule has 0 spiro atoms. The molecule has 11 heteroatoms. The summed E-state index contributed by atoms with van der Waals surface area (Å²) < 4.78 is 16.0. The maximum Gasteiger partial charge on any atom is 0.224 e. The Bertz CT molecular complexity index is 1790. The average Bonchev–Trinajstić information content (AvgIpc) is 3.62. The third-order valence-corrected chi connectivity index (χ3v) is 6.94. The van der Waals surface area contributed by atoms with Gasteiger partial charge < -0.3 is 10.3 Å². The van der Waals surface area contributed by atoms with Gasteiger partial charge in [0.1, 0.15) is 22.7 Å². The van der Waals surface area contributed by atoms with E-state index >= 15 is 4.39 Å². The molecule has 6 heterocycles. The van der Waals surface area contributed by atoms with Crippen LogP contribution in [-0.4, -0.2) is 41.0 Å². The number of fused-ring (bicyclic) bond motifs is 2. The van der Waals surface area contributed by atoms with Gasteiger partial charge in [-0.1, -0.05) is 6.92 Å². The number of hydrogen-bond acceptors (Lipinski definition) is 7. The van der Waals surface area contributed by atoms with E-state index in [1.54, 1.807) is 23.6 Å². The minimum Gasteiger partial charge on any atom is -0.336 e. The van der Waals surface area contributed by atoms with Gasteiger partial charge in [-0.15, -0.1) is 11.3 Å². The Labute approximate surface area is 214 Å². The minimum absolute atomic E-state index is 0.121. The number of thiophene rings is 1. The number of nitrogens with zero attached hydrogens (tertiary/aromatic N) is 5. The molecule has 0 saturated heterocycles. The number of carbonyl (C=O) groups excluding carboxylic acids is 1. The predicted molar refractivity (Wildman–Crippen MR) is 142 cm³/mol. The van der Waals surface area contributed by atoms with Crippen LogP contribution in [0.3, 0.4) is 0 Å². The van der Waals surface area contributed by atoms with E-state index in [2.05, 4.69) is 35.5 Å². The zero-order valence-electron chi connectivity index (χ0n) is 20.0. The summed E-state index contributed by atoms with van der Waals surface area (Å²) in [7, 11) is 0. The Morgan fingerprint density at radius 3 is 2.84 bits per heavy atom. The van der Waals surface area contributed by atoms with Crippen molar-refractivity contribution in [2.24, 2.45) is 0 Å². The van der Waals surface area contributed by atoms with Gasteiger partial charge in [0.2, 0.25) is 5.91 Å². The second-order valence-corrected chi connectivity index (χ2v) is 9.88. The third-order valence-electron chi connectivity index (χ3n) is 5.93. The third kappa shape index (κ3) is 4.12. The molecule has 184 valence electrons. The van der Waals surface area contributed by atoms with Crippen LogP contribution in [-0.2, 0) is 4.79 Å². The molecule has 0 saturated carbocycles. The van der Waals surface area contributed by atoms with E-state index in [1.807, 2.05) is 32.0 Å². The number of H-pyrrole nitrogens is 2. The number of imidazole rings is 1. The summed E-state index contributed by atoms with van der Waals surface area (Å²) in [6.07, 6.45) is 7.32. The summed E-state index contributed by atoms with van der Waals surface area (Å²) in [5.74, 6) is -0.232. The van der Waals surface area contributed by atoms with Gasteiger partial charge in [0.25, 0.3) is 0 Å². The first kappa shape index (κ1) is 22.9. The summed E-state index contributed by atoms with van der Waals surface area (Å²) >= 11 is 1.63. The summed E-state index contributed by atoms with van der Waals surface area (Å²) in [5.41, 5.74) is 4.02. The van der Waals surface area contributed by atoms with Crippen LogP contribution in [0.15, 0.2) is 49.1 Å². The van der Waals surface area contributed by atoms with Crippen molar-refractivity contribution in [2.75, 3.05) is 5.32 Å². The molecular formula is C26H21FN8OS. The summed E-state index contributed by atoms with van der Waals surface area (Å²) in [4.78, 5) is 35.3. The fourth-order valence-electron chi connectivity index (χ4n) is 4.22. The van der Waals surface area contributed by atoms with Crippen LogP contribution in [0.25, 0.3) is 55.3 Å². The van der Waals surface area contributed by atoms with E-state index < -0.39 is 5.82 Å². The number of aromatic nitrogens is 7. The second-order valence-electron chi connectivity index (χ2n) is 8.59. The van der Waals surface area contributed by atoms with Crippen LogP contribution in [0, 0.1) is 12.7 Å². The van der Waals surface area contributed by atoms with Crippen LogP contribution in [0.1, 0.15) is 24.6 Å². The largest absolute Gasteiger partial charge is 0.336 e. The van der Waals surface area contributed by atoms with E-state index in [1.165, 1.54) is 23.5 Å². The number of nitrogens with one attached hydrogen (secondary N) is 3. The molecule has 0 aromatic carbocycles. The highest BCUT2D eigenvalue weighted by Gasteiger charge is 2.22. The van der Waals surface area contributed by atoms with Crippen molar-refractivity contribution in [1.82, 2.24) is 35.1 Å². The van der Waals surface area contributed by atoms with Gasteiger partial charge in [0, 0.05) is 41.0 Å². The van der Waals surface area contributed by atoms with E-state index in [0.29, 0.717) is 40.4 Å². The topological polar surface area (TPSA) is 125 Å². The molecule has 0 aliphatic rings. The number of aryl methyl sites for hydroxylation is 1.